The normalized spacial score (nSPS) is 19.3. The summed E-state index contributed by atoms with van der Waals surface area (Å²) in [5, 5.41) is 13.1. The molecule has 10 nitrogen and oxygen atoms in total. The van der Waals surface area contributed by atoms with Crippen molar-refractivity contribution in [1.29, 1.82) is 0 Å². The van der Waals surface area contributed by atoms with E-state index < -0.39 is 32.2 Å². The first-order valence-electron chi connectivity index (χ1n) is 9.85. The first-order valence-corrected chi connectivity index (χ1v) is 11.5. The Balaban J connectivity index is 0. The van der Waals surface area contributed by atoms with Crippen molar-refractivity contribution in [3.8, 4) is 0 Å². The first kappa shape index (κ1) is 31.3. The number of aliphatic imine (C=N–C) groups is 1. The molecular weight excluding hydrogens is 421 g/mol. The topological polar surface area (TPSA) is 139 Å². The van der Waals surface area contributed by atoms with Gasteiger partial charge in [0.2, 0.25) is 12.0 Å². The van der Waals surface area contributed by atoms with Gasteiger partial charge in [-0.2, -0.15) is 4.66 Å². The van der Waals surface area contributed by atoms with Crippen molar-refractivity contribution in [1.82, 2.24) is 5.32 Å². The van der Waals surface area contributed by atoms with Crippen molar-refractivity contribution in [2.24, 2.45) is 21.0 Å². The van der Waals surface area contributed by atoms with Crippen LogP contribution in [0.15, 0.2) is 9.65 Å². The Kier molecular flexibility index (Phi) is 16.5. The summed E-state index contributed by atoms with van der Waals surface area (Å²) in [6, 6.07) is -0.845. The fourth-order valence-electron chi connectivity index (χ4n) is 3.12. The zero-order chi connectivity index (χ0) is 22.5. The van der Waals surface area contributed by atoms with Crippen LogP contribution in [0.25, 0.3) is 0 Å². The standard InChI is InChI=1S/C11H18N2O3.C7H15NO4Si.Na/c1-4-6-7(3)11(5-2)8(14)12-10(16)13-9(11)15;1-4-10-13(8-7-9,11-5-2)12-6-3;/h7H,4-6H2,1-3H3,(H2,12,13,14,15,16);4-6H2,1-3H3;/q;;+1/p-1. The molecule has 166 valence electrons. The van der Waals surface area contributed by atoms with Gasteiger partial charge in [0.1, 0.15) is 5.41 Å². The van der Waals surface area contributed by atoms with Crippen LogP contribution in [-0.4, -0.2) is 52.7 Å². The number of nitrogens with one attached hydrogen (secondary N) is 1. The maximum Gasteiger partial charge on any atom is 1.00 e. The smallest absolute Gasteiger partial charge is 0.846 e. The quantitative estimate of drug-likeness (QED) is 0.166. The van der Waals surface area contributed by atoms with Crippen molar-refractivity contribution in [3.05, 3.63) is 0 Å². The zero-order valence-corrected chi connectivity index (χ0v) is 22.1. The summed E-state index contributed by atoms with van der Waals surface area (Å²) in [5.74, 6) is -1.20. The third kappa shape index (κ3) is 8.31. The Hall–Kier alpha value is -0.913. The van der Waals surface area contributed by atoms with E-state index in [1.807, 2.05) is 13.8 Å². The minimum atomic E-state index is -3.09. The molecule has 1 aliphatic rings. The Morgan fingerprint density at radius 3 is 1.97 bits per heavy atom. The average Bonchev–Trinajstić information content (AvgIpc) is 2.63. The molecule has 0 aliphatic carbocycles. The van der Waals surface area contributed by atoms with E-state index >= 15 is 0 Å². The van der Waals surface area contributed by atoms with E-state index in [2.05, 4.69) is 15.0 Å². The molecule has 1 N–H and O–H groups in total. The van der Waals surface area contributed by atoms with Crippen LogP contribution in [0.5, 0.6) is 0 Å². The second-order valence-electron chi connectivity index (χ2n) is 6.22. The van der Waals surface area contributed by atoms with Gasteiger partial charge in [-0.15, -0.1) is 0 Å². The number of hydrogen-bond acceptors (Lipinski definition) is 8. The molecule has 0 radical (unpaired) electrons. The molecule has 30 heavy (non-hydrogen) atoms. The van der Waals surface area contributed by atoms with Gasteiger partial charge in [-0.3, -0.25) is 9.59 Å². The van der Waals surface area contributed by atoms with Crippen LogP contribution in [0, 0.1) is 11.3 Å². The van der Waals surface area contributed by atoms with Gasteiger partial charge in [0.05, 0.1) is 6.02 Å². The summed E-state index contributed by atoms with van der Waals surface area (Å²) in [7, 11) is -3.09. The summed E-state index contributed by atoms with van der Waals surface area (Å²) in [6.45, 7) is 12.2. The monoisotopic (exact) mass is 453 g/mol. The first-order chi connectivity index (χ1) is 13.7. The number of nitrogens with zero attached hydrogens (tertiary/aromatic N) is 2. The third-order valence-corrected chi connectivity index (χ3v) is 6.82. The molecule has 0 aromatic heterocycles. The van der Waals surface area contributed by atoms with E-state index in [1.54, 1.807) is 27.7 Å². The molecule has 0 aromatic rings. The van der Waals surface area contributed by atoms with Crippen LogP contribution in [0.4, 0.5) is 0 Å². The van der Waals surface area contributed by atoms with E-state index in [0.29, 0.717) is 26.2 Å². The van der Waals surface area contributed by atoms with Crippen LogP contribution in [-0.2, 0) is 27.7 Å². The van der Waals surface area contributed by atoms with Gasteiger partial charge < -0.3 is 23.7 Å². The fourth-order valence-corrected chi connectivity index (χ4v) is 4.77. The van der Waals surface area contributed by atoms with E-state index in [9.17, 15) is 19.5 Å². The summed E-state index contributed by atoms with van der Waals surface area (Å²) in [4.78, 5) is 37.2. The Labute approximate surface area is 201 Å². The third-order valence-electron chi connectivity index (χ3n) is 4.49. The number of carbonyl (C=O) groups excluding carboxylic acids is 3. The van der Waals surface area contributed by atoms with E-state index in [-0.39, 0.29) is 35.5 Å². The molecule has 2 amide bonds. The van der Waals surface area contributed by atoms with Gasteiger partial charge in [0.15, 0.2) is 0 Å². The van der Waals surface area contributed by atoms with E-state index in [1.165, 1.54) is 6.08 Å². The van der Waals surface area contributed by atoms with Gasteiger partial charge in [0.25, 0.3) is 5.91 Å². The second kappa shape index (κ2) is 15.8. The SMILES string of the molecule is CCCC(C)C1(CC)C(=O)N=C([O-])NC1=O.CCO[Si](N=C=O)(OCC)OCC.[Na+]. The Bertz CT molecular complexity index is 612. The largest absolute Gasteiger partial charge is 1.00 e. The summed E-state index contributed by atoms with van der Waals surface area (Å²) in [6.07, 6.45) is 3.44. The van der Waals surface area contributed by atoms with Gasteiger partial charge in [-0.05, 0) is 39.5 Å². The Morgan fingerprint density at radius 1 is 1.13 bits per heavy atom. The maximum atomic E-state index is 11.9. The van der Waals surface area contributed by atoms with Crippen LogP contribution in [0.3, 0.4) is 0 Å². The van der Waals surface area contributed by atoms with Gasteiger partial charge in [-0.1, -0.05) is 27.2 Å². The molecule has 0 spiro atoms. The van der Waals surface area contributed by atoms with Crippen molar-refractivity contribution >= 4 is 32.9 Å². The molecule has 0 saturated carbocycles. The van der Waals surface area contributed by atoms with Crippen molar-refractivity contribution in [2.75, 3.05) is 19.8 Å². The minimum Gasteiger partial charge on any atom is -0.846 e. The van der Waals surface area contributed by atoms with Crippen LogP contribution in [0.1, 0.15) is 60.8 Å². The molecule has 0 aromatic carbocycles. The molecule has 0 fully saturated rings. The van der Waals surface area contributed by atoms with Crippen molar-refractivity contribution in [2.45, 2.75) is 60.8 Å². The maximum absolute atomic E-state index is 11.9. The Morgan fingerprint density at radius 2 is 1.63 bits per heavy atom. The summed E-state index contributed by atoms with van der Waals surface area (Å²) in [5.41, 5.74) is -1.15. The fraction of sp³-hybridized carbons (Fsp3) is 0.778. The molecule has 0 saturated heterocycles. The zero-order valence-electron chi connectivity index (χ0n) is 19.1. The number of isocyanates is 1. The van der Waals surface area contributed by atoms with E-state index in [0.717, 1.165) is 12.8 Å². The number of hydrogen-bond donors (Lipinski definition) is 1. The van der Waals surface area contributed by atoms with Crippen LogP contribution < -0.4 is 40.0 Å². The minimum absolute atomic E-state index is 0. The van der Waals surface area contributed by atoms with E-state index in [4.69, 9.17) is 13.3 Å². The molecule has 1 aliphatic heterocycles. The predicted octanol–water partition coefficient (Wildman–Crippen LogP) is -1.94. The van der Waals surface area contributed by atoms with Crippen molar-refractivity contribution in [3.63, 3.8) is 0 Å². The van der Waals surface area contributed by atoms with Crippen molar-refractivity contribution < 1.29 is 62.3 Å². The number of amidine groups is 1. The summed E-state index contributed by atoms with van der Waals surface area (Å²) >= 11 is 0. The molecular formula is C18H32N3NaO7Si. The molecule has 1 heterocycles. The molecule has 2 atom stereocenters. The number of rotatable bonds is 11. The van der Waals surface area contributed by atoms with Gasteiger partial charge in [-0.25, -0.2) is 9.79 Å². The number of amides is 2. The van der Waals surface area contributed by atoms with Crippen LogP contribution in [0.2, 0.25) is 0 Å². The average molecular weight is 454 g/mol. The van der Waals surface area contributed by atoms with Gasteiger partial charge in [0, 0.05) is 19.8 Å². The predicted molar refractivity (Wildman–Crippen MR) is 106 cm³/mol. The van der Waals surface area contributed by atoms with Crippen LogP contribution >= 0.6 is 0 Å². The number of carbonyl (C=O) groups is 2. The molecule has 2 unspecified atom stereocenters. The second-order valence-corrected chi connectivity index (χ2v) is 8.35. The van der Waals surface area contributed by atoms with Gasteiger partial charge >= 0.3 is 38.5 Å². The molecule has 1 rings (SSSR count). The summed E-state index contributed by atoms with van der Waals surface area (Å²) < 4.78 is 19.1. The molecule has 0 bridgehead atoms. The molecule has 12 heteroatoms.